The molecule has 34 heavy (non-hydrogen) atoms. The minimum absolute atomic E-state index is 0.372. The van der Waals surface area contributed by atoms with Gasteiger partial charge in [-0.3, -0.25) is 19.0 Å². The number of aromatic amines is 1. The maximum atomic E-state index is 12.6. The number of hydrogen-bond acceptors (Lipinski definition) is 6. The van der Waals surface area contributed by atoms with Gasteiger partial charge in [-0.1, -0.05) is 23.7 Å². The molecule has 0 aliphatic rings. The quantitative estimate of drug-likeness (QED) is 0.381. The van der Waals surface area contributed by atoms with Crippen molar-refractivity contribution < 1.29 is 4.52 Å². The second-order valence-corrected chi connectivity index (χ2v) is 8.32. The molecule has 0 radical (unpaired) electrons. The Kier molecular flexibility index (Phi) is 5.66. The molecule has 0 spiro atoms. The fourth-order valence-corrected chi connectivity index (χ4v) is 4.12. The van der Waals surface area contributed by atoms with Gasteiger partial charge < -0.3 is 9.09 Å². The molecule has 0 unspecified atom stereocenters. The third kappa shape index (κ3) is 3.86. The highest BCUT2D eigenvalue weighted by molar-refractivity contribution is 6.30. The van der Waals surface area contributed by atoms with Gasteiger partial charge in [-0.05, 0) is 37.6 Å². The van der Waals surface area contributed by atoms with Gasteiger partial charge in [0.1, 0.15) is 11.5 Å². The van der Waals surface area contributed by atoms with Crippen LogP contribution in [0.2, 0.25) is 5.02 Å². The van der Waals surface area contributed by atoms with E-state index in [0.717, 1.165) is 17.5 Å². The van der Waals surface area contributed by atoms with E-state index in [-0.39, 0.29) is 0 Å². The third-order valence-corrected chi connectivity index (χ3v) is 5.80. The normalized spacial score (nSPS) is 11.5. The lowest BCUT2D eigenvalue weighted by Crippen LogP contribution is -2.30. The standard InChI is InChI=1S/C23H22ClN7O3/c1-3-9-31-19-21(30(4-2)23(33)27-22(19)32)26-20(31)15-11-25-29(12-15)13-17-10-18(34-28-17)14-5-7-16(24)8-6-14/h5-8,10-12H,3-4,9,13H2,1-2H3,(H,27,32,33). The summed E-state index contributed by atoms with van der Waals surface area (Å²) in [5.41, 5.74) is 2.17. The van der Waals surface area contributed by atoms with Crippen molar-refractivity contribution in [3.63, 3.8) is 0 Å². The average Bonchev–Trinajstić information content (AvgIpc) is 3.55. The number of rotatable bonds is 7. The van der Waals surface area contributed by atoms with Crippen molar-refractivity contribution in [1.29, 1.82) is 0 Å². The Bertz CT molecular complexity index is 1590. The summed E-state index contributed by atoms with van der Waals surface area (Å²) in [7, 11) is 0. The number of aromatic nitrogens is 7. The first-order valence-corrected chi connectivity index (χ1v) is 11.3. The number of halogens is 1. The molecular weight excluding hydrogens is 458 g/mol. The number of nitrogens with one attached hydrogen (secondary N) is 1. The number of benzene rings is 1. The minimum atomic E-state index is -0.467. The second kappa shape index (κ2) is 8.79. The van der Waals surface area contributed by atoms with E-state index in [4.69, 9.17) is 16.1 Å². The van der Waals surface area contributed by atoms with Gasteiger partial charge in [0.25, 0.3) is 5.56 Å². The molecule has 4 heterocycles. The van der Waals surface area contributed by atoms with E-state index in [1.165, 1.54) is 4.57 Å². The minimum Gasteiger partial charge on any atom is -0.356 e. The third-order valence-electron chi connectivity index (χ3n) is 5.55. The van der Waals surface area contributed by atoms with Crippen molar-refractivity contribution in [2.24, 2.45) is 0 Å². The Morgan fingerprint density at radius 3 is 2.62 bits per heavy atom. The maximum absolute atomic E-state index is 12.6. The van der Waals surface area contributed by atoms with Crippen molar-refractivity contribution >= 4 is 22.8 Å². The highest BCUT2D eigenvalue weighted by Crippen LogP contribution is 2.25. The summed E-state index contributed by atoms with van der Waals surface area (Å²) >= 11 is 5.95. The average molecular weight is 480 g/mol. The fraction of sp³-hybridized carbons (Fsp3) is 0.261. The monoisotopic (exact) mass is 479 g/mol. The molecular formula is C23H22ClN7O3. The lowest BCUT2D eigenvalue weighted by Gasteiger charge is -2.06. The molecule has 1 aromatic carbocycles. The van der Waals surface area contributed by atoms with Gasteiger partial charge in [-0.2, -0.15) is 5.10 Å². The Labute approximate surface area is 198 Å². The van der Waals surface area contributed by atoms with Gasteiger partial charge in [0.05, 0.1) is 18.3 Å². The van der Waals surface area contributed by atoms with Crippen LogP contribution in [-0.2, 0) is 19.6 Å². The van der Waals surface area contributed by atoms with Crippen LogP contribution in [0.3, 0.4) is 0 Å². The number of nitrogens with zero attached hydrogens (tertiary/aromatic N) is 6. The van der Waals surface area contributed by atoms with Gasteiger partial charge >= 0.3 is 5.69 Å². The molecule has 0 atom stereocenters. The largest absolute Gasteiger partial charge is 0.356 e. The predicted octanol–water partition coefficient (Wildman–Crippen LogP) is 3.54. The van der Waals surface area contributed by atoms with Crippen LogP contribution in [0.4, 0.5) is 0 Å². The Balaban J connectivity index is 1.49. The molecule has 1 N–H and O–H groups in total. The number of imidazole rings is 1. The number of aryl methyl sites for hydroxylation is 2. The first kappa shape index (κ1) is 21.9. The fourth-order valence-electron chi connectivity index (χ4n) is 4.00. The molecule has 5 aromatic rings. The zero-order valence-corrected chi connectivity index (χ0v) is 19.4. The van der Waals surface area contributed by atoms with E-state index in [2.05, 4.69) is 20.2 Å². The van der Waals surface area contributed by atoms with Crippen molar-refractivity contribution in [2.75, 3.05) is 0 Å². The summed E-state index contributed by atoms with van der Waals surface area (Å²) < 4.78 is 10.5. The Morgan fingerprint density at radius 2 is 1.88 bits per heavy atom. The van der Waals surface area contributed by atoms with E-state index in [9.17, 15) is 9.59 Å². The van der Waals surface area contributed by atoms with E-state index in [1.54, 1.807) is 23.0 Å². The van der Waals surface area contributed by atoms with Crippen LogP contribution >= 0.6 is 11.6 Å². The Hall–Kier alpha value is -3.92. The van der Waals surface area contributed by atoms with Crippen LogP contribution in [0.1, 0.15) is 26.0 Å². The van der Waals surface area contributed by atoms with Crippen LogP contribution in [0.15, 0.2) is 56.8 Å². The highest BCUT2D eigenvalue weighted by Gasteiger charge is 2.20. The van der Waals surface area contributed by atoms with Crippen LogP contribution < -0.4 is 11.2 Å². The van der Waals surface area contributed by atoms with Gasteiger partial charge in [-0.15, -0.1) is 0 Å². The molecule has 0 saturated carbocycles. The summed E-state index contributed by atoms with van der Waals surface area (Å²) in [5, 5.41) is 9.24. The zero-order chi connectivity index (χ0) is 23.8. The first-order valence-electron chi connectivity index (χ1n) is 11.0. The van der Waals surface area contributed by atoms with Crippen molar-refractivity contribution in [1.82, 2.24) is 34.0 Å². The topological polar surface area (TPSA) is 117 Å². The van der Waals surface area contributed by atoms with Gasteiger partial charge in [-0.25, -0.2) is 9.78 Å². The van der Waals surface area contributed by atoms with E-state index in [0.29, 0.717) is 53.1 Å². The second-order valence-electron chi connectivity index (χ2n) is 7.88. The molecule has 0 fully saturated rings. The molecule has 0 amide bonds. The Morgan fingerprint density at radius 1 is 1.09 bits per heavy atom. The van der Waals surface area contributed by atoms with Gasteiger partial charge in [0.2, 0.25) is 0 Å². The van der Waals surface area contributed by atoms with Crippen LogP contribution in [-0.4, -0.2) is 34.0 Å². The molecule has 10 nitrogen and oxygen atoms in total. The molecule has 0 aliphatic heterocycles. The molecule has 0 saturated heterocycles. The summed E-state index contributed by atoms with van der Waals surface area (Å²) in [6, 6.07) is 9.19. The van der Waals surface area contributed by atoms with Crippen molar-refractivity contribution in [2.45, 2.75) is 39.9 Å². The summed E-state index contributed by atoms with van der Waals surface area (Å²) in [6.45, 7) is 5.23. The summed E-state index contributed by atoms with van der Waals surface area (Å²) in [5.74, 6) is 1.23. The van der Waals surface area contributed by atoms with Crippen LogP contribution in [0, 0.1) is 0 Å². The SMILES string of the molecule is CCCn1c(-c2cnn(Cc3cc(-c4ccc(Cl)cc4)on3)c2)nc2c1c(=O)[nH]c(=O)n2CC. The molecule has 4 aromatic heterocycles. The van der Waals surface area contributed by atoms with E-state index in [1.807, 2.05) is 42.8 Å². The molecule has 5 rings (SSSR count). The molecule has 174 valence electrons. The highest BCUT2D eigenvalue weighted by atomic mass is 35.5. The van der Waals surface area contributed by atoms with Gasteiger partial charge in [0.15, 0.2) is 16.9 Å². The number of hydrogen-bond donors (Lipinski definition) is 1. The first-order chi connectivity index (χ1) is 16.5. The van der Waals surface area contributed by atoms with Gasteiger partial charge in [0, 0.05) is 35.9 Å². The van der Waals surface area contributed by atoms with E-state index >= 15 is 0 Å². The molecule has 0 aliphatic carbocycles. The molecule has 0 bridgehead atoms. The predicted molar refractivity (Wildman–Crippen MR) is 128 cm³/mol. The number of H-pyrrole nitrogens is 1. The zero-order valence-electron chi connectivity index (χ0n) is 18.7. The van der Waals surface area contributed by atoms with Crippen LogP contribution in [0.5, 0.6) is 0 Å². The molecule has 11 heteroatoms. The summed E-state index contributed by atoms with van der Waals surface area (Å²) in [6.07, 6.45) is 4.33. The van der Waals surface area contributed by atoms with Crippen molar-refractivity contribution in [3.05, 3.63) is 74.3 Å². The van der Waals surface area contributed by atoms with Crippen LogP contribution in [0.25, 0.3) is 33.9 Å². The number of fused-ring (bicyclic) bond motifs is 1. The lowest BCUT2D eigenvalue weighted by atomic mass is 10.1. The summed E-state index contributed by atoms with van der Waals surface area (Å²) in [4.78, 5) is 31.9. The maximum Gasteiger partial charge on any atom is 0.330 e. The van der Waals surface area contributed by atoms with Crippen molar-refractivity contribution in [3.8, 4) is 22.7 Å². The van der Waals surface area contributed by atoms with E-state index < -0.39 is 11.2 Å². The smallest absolute Gasteiger partial charge is 0.330 e. The lowest BCUT2D eigenvalue weighted by molar-refractivity contribution is 0.419.